The highest BCUT2D eigenvalue weighted by Crippen LogP contribution is 2.18. The first-order valence-corrected chi connectivity index (χ1v) is 6.74. The minimum atomic E-state index is -0.295. The molecule has 0 aliphatic heterocycles. The molecule has 1 unspecified atom stereocenters. The number of carbonyl (C=O) groups excluding carboxylic acids is 1. The minimum absolute atomic E-state index is 0.0218. The second-order valence-corrected chi connectivity index (χ2v) is 4.94. The van der Waals surface area contributed by atoms with Crippen LogP contribution in [0.15, 0.2) is 36.4 Å². The Kier molecular flexibility index (Phi) is 5.01. The molecule has 0 saturated heterocycles. The molecule has 0 amide bonds. The van der Waals surface area contributed by atoms with Crippen molar-refractivity contribution >= 4 is 5.97 Å². The number of esters is 1. The summed E-state index contributed by atoms with van der Waals surface area (Å²) < 4.78 is 10.6. The highest BCUT2D eigenvalue weighted by atomic mass is 16.6. The molecule has 0 N–H and O–H groups in total. The first-order valence-electron chi connectivity index (χ1n) is 6.74. The van der Waals surface area contributed by atoms with Crippen molar-refractivity contribution < 1.29 is 14.3 Å². The molecule has 0 bridgehead atoms. The second-order valence-electron chi connectivity index (χ2n) is 4.94. The summed E-state index contributed by atoms with van der Waals surface area (Å²) in [5.41, 5.74) is 1.11. The largest absolute Gasteiger partial charge is 0.482 e. The van der Waals surface area contributed by atoms with Crippen LogP contribution in [0.2, 0.25) is 0 Å². The average molecular weight is 260 g/mol. The van der Waals surface area contributed by atoms with Crippen molar-refractivity contribution in [1.82, 2.24) is 0 Å². The second kappa shape index (κ2) is 6.98. The van der Waals surface area contributed by atoms with E-state index in [1.54, 1.807) is 0 Å². The molecule has 0 heterocycles. The van der Waals surface area contributed by atoms with E-state index >= 15 is 0 Å². The average Bonchev–Trinajstić information content (AvgIpc) is 2.44. The monoisotopic (exact) mass is 260 g/mol. The Morgan fingerprint density at radius 1 is 1.37 bits per heavy atom. The number of aryl methyl sites for hydroxylation is 1. The van der Waals surface area contributed by atoms with Gasteiger partial charge in [0, 0.05) is 0 Å². The van der Waals surface area contributed by atoms with Crippen molar-refractivity contribution in [2.24, 2.45) is 5.92 Å². The third kappa shape index (κ3) is 4.78. The van der Waals surface area contributed by atoms with Gasteiger partial charge in [0.1, 0.15) is 5.75 Å². The molecule has 3 heteroatoms. The maximum Gasteiger partial charge on any atom is 0.344 e. The Bertz CT molecular complexity index is 451. The van der Waals surface area contributed by atoms with Crippen molar-refractivity contribution in [3.05, 3.63) is 42.0 Å². The predicted molar refractivity (Wildman–Crippen MR) is 74.1 cm³/mol. The van der Waals surface area contributed by atoms with Crippen molar-refractivity contribution in [1.29, 1.82) is 0 Å². The molecule has 0 spiro atoms. The van der Waals surface area contributed by atoms with Gasteiger partial charge in [0.05, 0.1) is 6.61 Å². The van der Waals surface area contributed by atoms with Crippen LogP contribution in [-0.2, 0) is 9.53 Å². The van der Waals surface area contributed by atoms with Crippen LogP contribution in [0.1, 0.15) is 24.8 Å². The Hall–Kier alpha value is -1.77. The van der Waals surface area contributed by atoms with Gasteiger partial charge in [0.25, 0.3) is 0 Å². The number of hydrogen-bond acceptors (Lipinski definition) is 3. The fourth-order valence-electron chi connectivity index (χ4n) is 2.11. The normalized spacial score (nSPS) is 18.1. The maximum atomic E-state index is 11.6. The zero-order valence-corrected chi connectivity index (χ0v) is 11.3. The van der Waals surface area contributed by atoms with Gasteiger partial charge in [-0.15, -0.1) is 0 Å². The summed E-state index contributed by atoms with van der Waals surface area (Å²) in [7, 11) is 0. The van der Waals surface area contributed by atoms with Gasteiger partial charge >= 0.3 is 5.97 Å². The standard InChI is InChI=1S/C16H20O3/c1-13-6-5-9-15(10-13)18-12-16(17)19-11-14-7-3-2-4-8-14/h2-3,5-6,9-10,14H,4,7-8,11-12H2,1H3. The Labute approximate surface area is 114 Å². The van der Waals surface area contributed by atoms with E-state index in [2.05, 4.69) is 12.2 Å². The highest BCUT2D eigenvalue weighted by molar-refractivity contribution is 5.71. The van der Waals surface area contributed by atoms with Crippen LogP contribution < -0.4 is 4.74 Å². The molecular weight excluding hydrogens is 240 g/mol. The molecule has 1 atom stereocenters. The molecule has 1 aromatic carbocycles. The summed E-state index contributed by atoms with van der Waals surface area (Å²) in [6, 6.07) is 7.64. The van der Waals surface area contributed by atoms with Crippen LogP contribution >= 0.6 is 0 Å². The van der Waals surface area contributed by atoms with E-state index in [9.17, 15) is 4.79 Å². The van der Waals surface area contributed by atoms with Crippen molar-refractivity contribution in [3.63, 3.8) is 0 Å². The smallest absolute Gasteiger partial charge is 0.344 e. The molecule has 19 heavy (non-hydrogen) atoms. The summed E-state index contributed by atoms with van der Waals surface area (Å²) in [5.74, 6) is 0.876. The predicted octanol–water partition coefficient (Wildman–Crippen LogP) is 3.27. The topological polar surface area (TPSA) is 35.5 Å². The molecule has 2 rings (SSSR count). The summed E-state index contributed by atoms with van der Waals surface area (Å²) in [6.45, 7) is 2.47. The Balaban J connectivity index is 1.68. The van der Waals surface area contributed by atoms with E-state index in [0.717, 1.165) is 24.8 Å². The minimum Gasteiger partial charge on any atom is -0.482 e. The summed E-state index contributed by atoms with van der Waals surface area (Å²) in [5, 5.41) is 0. The van der Waals surface area contributed by atoms with E-state index in [4.69, 9.17) is 9.47 Å². The highest BCUT2D eigenvalue weighted by Gasteiger charge is 2.13. The van der Waals surface area contributed by atoms with Gasteiger partial charge in [0.15, 0.2) is 6.61 Å². The van der Waals surface area contributed by atoms with E-state index in [-0.39, 0.29) is 12.6 Å². The molecule has 0 fully saturated rings. The first-order chi connectivity index (χ1) is 9.24. The lowest BCUT2D eigenvalue weighted by Gasteiger charge is -2.17. The summed E-state index contributed by atoms with van der Waals surface area (Å²) in [6.07, 6.45) is 7.53. The van der Waals surface area contributed by atoms with Crippen LogP contribution in [0.5, 0.6) is 5.75 Å². The van der Waals surface area contributed by atoms with Crippen molar-refractivity contribution in [2.45, 2.75) is 26.2 Å². The summed E-state index contributed by atoms with van der Waals surface area (Å²) >= 11 is 0. The third-order valence-corrected chi connectivity index (χ3v) is 3.20. The third-order valence-electron chi connectivity index (χ3n) is 3.20. The number of hydrogen-bond donors (Lipinski definition) is 0. The Morgan fingerprint density at radius 2 is 2.26 bits per heavy atom. The van der Waals surface area contributed by atoms with Gasteiger partial charge in [-0.25, -0.2) is 4.79 Å². The van der Waals surface area contributed by atoms with Crippen LogP contribution in [-0.4, -0.2) is 19.2 Å². The molecule has 1 aliphatic carbocycles. The lowest BCUT2D eigenvalue weighted by molar-refractivity contribution is -0.147. The van der Waals surface area contributed by atoms with Crippen molar-refractivity contribution in [3.8, 4) is 5.75 Å². The number of ether oxygens (including phenoxy) is 2. The van der Waals surface area contributed by atoms with Gasteiger partial charge < -0.3 is 9.47 Å². The number of allylic oxidation sites excluding steroid dienone is 2. The molecule has 1 aliphatic rings. The molecule has 3 nitrogen and oxygen atoms in total. The fraction of sp³-hybridized carbons (Fsp3) is 0.438. The van der Waals surface area contributed by atoms with Crippen LogP contribution in [0.4, 0.5) is 0 Å². The fourth-order valence-corrected chi connectivity index (χ4v) is 2.11. The van der Waals surface area contributed by atoms with Crippen molar-refractivity contribution in [2.75, 3.05) is 13.2 Å². The molecule has 0 saturated carbocycles. The molecule has 1 aromatic rings. The number of rotatable bonds is 5. The van der Waals surface area contributed by atoms with Gasteiger partial charge in [-0.1, -0.05) is 24.3 Å². The van der Waals surface area contributed by atoms with E-state index in [0.29, 0.717) is 18.3 Å². The molecule has 0 radical (unpaired) electrons. The molecular formula is C16H20O3. The Morgan fingerprint density at radius 3 is 3.00 bits per heavy atom. The van der Waals surface area contributed by atoms with Crippen LogP contribution in [0, 0.1) is 12.8 Å². The maximum absolute atomic E-state index is 11.6. The van der Waals surface area contributed by atoms with E-state index < -0.39 is 0 Å². The number of benzene rings is 1. The SMILES string of the molecule is Cc1cccc(OCC(=O)OCC2CC=CCC2)c1. The van der Waals surface area contributed by atoms with Crippen LogP contribution in [0.25, 0.3) is 0 Å². The van der Waals surface area contributed by atoms with Gasteiger partial charge in [-0.2, -0.15) is 0 Å². The zero-order chi connectivity index (χ0) is 13.5. The molecule has 0 aromatic heterocycles. The quantitative estimate of drug-likeness (QED) is 0.602. The van der Waals surface area contributed by atoms with Gasteiger partial charge in [-0.3, -0.25) is 0 Å². The first kappa shape index (κ1) is 13.7. The van der Waals surface area contributed by atoms with Crippen LogP contribution in [0.3, 0.4) is 0 Å². The lowest BCUT2D eigenvalue weighted by atomic mass is 9.95. The van der Waals surface area contributed by atoms with E-state index in [1.165, 1.54) is 0 Å². The summed E-state index contributed by atoms with van der Waals surface area (Å²) in [4.78, 5) is 11.6. The van der Waals surface area contributed by atoms with Gasteiger partial charge in [0.2, 0.25) is 0 Å². The van der Waals surface area contributed by atoms with Gasteiger partial charge in [-0.05, 0) is 49.8 Å². The van der Waals surface area contributed by atoms with E-state index in [1.807, 2.05) is 31.2 Å². The molecule has 102 valence electrons. The number of carbonyl (C=O) groups is 1. The zero-order valence-electron chi connectivity index (χ0n) is 11.3. The lowest BCUT2D eigenvalue weighted by Crippen LogP contribution is -2.20.